The molecule has 2 unspecified atom stereocenters. The molecule has 86 valence electrons. The van der Waals surface area contributed by atoms with Crippen molar-refractivity contribution in [2.24, 2.45) is 0 Å². The molecular weight excluding hydrogens is 204 g/mol. The van der Waals surface area contributed by atoms with Crippen molar-refractivity contribution in [3.63, 3.8) is 0 Å². The fourth-order valence-electron chi connectivity index (χ4n) is 2.02. The summed E-state index contributed by atoms with van der Waals surface area (Å²) in [4.78, 5) is 8.36. The minimum Gasteiger partial charge on any atom is -0.393 e. The summed E-state index contributed by atoms with van der Waals surface area (Å²) >= 11 is 0. The average Bonchev–Trinajstić information content (AvgIpc) is 2.65. The minimum atomic E-state index is -0.404. The molecule has 0 saturated heterocycles. The molecule has 0 saturated carbocycles. The Labute approximate surface area is 94.2 Å². The van der Waals surface area contributed by atoms with Gasteiger partial charge in [-0.25, -0.2) is 9.50 Å². The summed E-state index contributed by atoms with van der Waals surface area (Å²) in [7, 11) is 0. The van der Waals surface area contributed by atoms with Crippen molar-refractivity contribution >= 4 is 5.78 Å². The fraction of sp³-hybridized carbons (Fsp3) is 0.545. The Morgan fingerprint density at radius 1 is 1.50 bits per heavy atom. The van der Waals surface area contributed by atoms with E-state index in [9.17, 15) is 5.11 Å². The lowest BCUT2D eigenvalue weighted by Gasteiger charge is -2.19. The number of hydrogen-bond acceptors (Lipinski definition) is 4. The molecule has 0 aliphatic carbocycles. The molecule has 0 fully saturated rings. The molecule has 5 heteroatoms. The maximum atomic E-state index is 9.77. The predicted molar refractivity (Wildman–Crippen MR) is 60.2 cm³/mol. The predicted octanol–water partition coefficient (Wildman–Crippen LogP) is 1.31. The average molecular weight is 220 g/mol. The van der Waals surface area contributed by atoms with Crippen LogP contribution in [0.15, 0.2) is 12.4 Å². The lowest BCUT2D eigenvalue weighted by atomic mass is 9.96. The van der Waals surface area contributed by atoms with Crippen LogP contribution in [0.5, 0.6) is 0 Å². The Morgan fingerprint density at radius 3 is 2.88 bits per heavy atom. The number of nitrogens with zero attached hydrogens (tertiary/aromatic N) is 4. The SMILES string of the molecule is CCC(c1cc(C)nc2ncnn12)C(C)O. The number of rotatable bonds is 3. The van der Waals surface area contributed by atoms with Crippen molar-refractivity contribution in [1.29, 1.82) is 0 Å². The summed E-state index contributed by atoms with van der Waals surface area (Å²) in [6.45, 7) is 5.77. The van der Waals surface area contributed by atoms with Gasteiger partial charge in [-0.2, -0.15) is 10.1 Å². The van der Waals surface area contributed by atoms with E-state index >= 15 is 0 Å². The molecule has 2 aromatic heterocycles. The highest BCUT2D eigenvalue weighted by Crippen LogP contribution is 2.23. The van der Waals surface area contributed by atoms with E-state index in [1.165, 1.54) is 6.33 Å². The molecule has 2 atom stereocenters. The molecule has 5 nitrogen and oxygen atoms in total. The van der Waals surface area contributed by atoms with E-state index in [1.807, 2.05) is 13.0 Å². The van der Waals surface area contributed by atoms with Gasteiger partial charge in [-0.05, 0) is 26.3 Å². The summed E-state index contributed by atoms with van der Waals surface area (Å²) in [5.41, 5.74) is 1.87. The summed E-state index contributed by atoms with van der Waals surface area (Å²) in [5, 5.41) is 13.9. The monoisotopic (exact) mass is 220 g/mol. The van der Waals surface area contributed by atoms with E-state index in [-0.39, 0.29) is 5.92 Å². The van der Waals surface area contributed by atoms with Gasteiger partial charge in [0.2, 0.25) is 0 Å². The lowest BCUT2D eigenvalue weighted by molar-refractivity contribution is 0.157. The molecule has 0 aliphatic heterocycles. The van der Waals surface area contributed by atoms with Gasteiger partial charge in [-0.1, -0.05) is 6.92 Å². The van der Waals surface area contributed by atoms with Crippen LogP contribution < -0.4 is 0 Å². The normalized spacial score (nSPS) is 15.2. The zero-order valence-electron chi connectivity index (χ0n) is 9.75. The molecule has 2 heterocycles. The van der Waals surface area contributed by atoms with E-state index in [4.69, 9.17) is 0 Å². The molecule has 0 bridgehead atoms. The Hall–Kier alpha value is -1.49. The standard InChI is InChI=1S/C11H16N4O/c1-4-9(8(3)16)10-5-7(2)14-11-12-6-13-15(10)11/h5-6,8-9,16H,4H2,1-3H3. The first kappa shape index (κ1) is 11.0. The number of aliphatic hydroxyl groups is 1. The van der Waals surface area contributed by atoms with Crippen LogP contribution in [0.3, 0.4) is 0 Å². The van der Waals surface area contributed by atoms with Crippen molar-refractivity contribution in [1.82, 2.24) is 19.6 Å². The molecule has 0 radical (unpaired) electrons. The number of aliphatic hydroxyl groups excluding tert-OH is 1. The fourth-order valence-corrected chi connectivity index (χ4v) is 2.02. The first-order chi connectivity index (χ1) is 7.63. The van der Waals surface area contributed by atoms with Gasteiger partial charge in [0.1, 0.15) is 6.33 Å². The van der Waals surface area contributed by atoms with Crippen molar-refractivity contribution in [2.45, 2.75) is 39.2 Å². The van der Waals surface area contributed by atoms with Crippen LogP contribution in [0.2, 0.25) is 0 Å². The Bertz CT molecular complexity index is 492. The zero-order chi connectivity index (χ0) is 11.7. The number of hydrogen-bond donors (Lipinski definition) is 1. The van der Waals surface area contributed by atoms with Crippen molar-refractivity contribution in [3.8, 4) is 0 Å². The second-order valence-corrected chi connectivity index (χ2v) is 4.05. The summed E-state index contributed by atoms with van der Waals surface area (Å²) in [5.74, 6) is 0.653. The second-order valence-electron chi connectivity index (χ2n) is 4.05. The maximum Gasteiger partial charge on any atom is 0.252 e. The second kappa shape index (κ2) is 4.17. The smallest absolute Gasteiger partial charge is 0.252 e. The maximum absolute atomic E-state index is 9.77. The molecule has 0 amide bonds. The van der Waals surface area contributed by atoms with Crippen LogP contribution in [-0.4, -0.2) is 30.8 Å². The highest BCUT2D eigenvalue weighted by molar-refractivity contribution is 5.31. The van der Waals surface area contributed by atoms with Crippen LogP contribution in [-0.2, 0) is 0 Å². The van der Waals surface area contributed by atoms with Gasteiger partial charge in [0.05, 0.1) is 11.8 Å². The van der Waals surface area contributed by atoms with E-state index in [0.29, 0.717) is 5.78 Å². The number of aryl methyl sites for hydroxylation is 1. The van der Waals surface area contributed by atoms with Gasteiger partial charge in [-0.3, -0.25) is 0 Å². The first-order valence-corrected chi connectivity index (χ1v) is 5.48. The third-order valence-electron chi connectivity index (χ3n) is 2.81. The van der Waals surface area contributed by atoms with Crippen LogP contribution >= 0.6 is 0 Å². The van der Waals surface area contributed by atoms with Crippen molar-refractivity contribution in [3.05, 3.63) is 23.8 Å². The van der Waals surface area contributed by atoms with Gasteiger partial charge in [0.15, 0.2) is 0 Å². The Morgan fingerprint density at radius 2 is 2.25 bits per heavy atom. The molecule has 0 aromatic carbocycles. The number of fused-ring (bicyclic) bond motifs is 1. The quantitative estimate of drug-likeness (QED) is 0.847. The van der Waals surface area contributed by atoms with E-state index in [2.05, 4.69) is 22.0 Å². The van der Waals surface area contributed by atoms with Crippen LogP contribution in [0.1, 0.15) is 37.6 Å². The van der Waals surface area contributed by atoms with E-state index in [0.717, 1.165) is 17.8 Å². The zero-order valence-corrected chi connectivity index (χ0v) is 9.75. The highest BCUT2D eigenvalue weighted by Gasteiger charge is 2.19. The Kier molecular flexibility index (Phi) is 2.87. The summed E-state index contributed by atoms with van der Waals surface area (Å²) in [6, 6.07) is 1.96. The largest absolute Gasteiger partial charge is 0.393 e. The van der Waals surface area contributed by atoms with E-state index in [1.54, 1.807) is 11.4 Å². The molecular formula is C11H16N4O. The van der Waals surface area contributed by atoms with Gasteiger partial charge < -0.3 is 5.11 Å². The lowest BCUT2D eigenvalue weighted by Crippen LogP contribution is -2.18. The van der Waals surface area contributed by atoms with Crippen molar-refractivity contribution < 1.29 is 5.11 Å². The third-order valence-corrected chi connectivity index (χ3v) is 2.81. The van der Waals surface area contributed by atoms with Crippen LogP contribution in [0, 0.1) is 6.92 Å². The topological polar surface area (TPSA) is 63.3 Å². The molecule has 2 aromatic rings. The third kappa shape index (κ3) is 1.78. The van der Waals surface area contributed by atoms with Gasteiger partial charge in [0.25, 0.3) is 5.78 Å². The Balaban J connectivity index is 2.61. The van der Waals surface area contributed by atoms with Crippen molar-refractivity contribution in [2.75, 3.05) is 0 Å². The first-order valence-electron chi connectivity index (χ1n) is 5.48. The summed E-state index contributed by atoms with van der Waals surface area (Å²) < 4.78 is 1.70. The van der Waals surface area contributed by atoms with Gasteiger partial charge in [-0.15, -0.1) is 0 Å². The molecule has 2 rings (SSSR count). The van der Waals surface area contributed by atoms with Gasteiger partial charge in [0, 0.05) is 11.6 Å². The molecule has 0 spiro atoms. The molecule has 0 aliphatic rings. The molecule has 16 heavy (non-hydrogen) atoms. The van der Waals surface area contributed by atoms with Crippen LogP contribution in [0.25, 0.3) is 5.78 Å². The van der Waals surface area contributed by atoms with E-state index < -0.39 is 6.10 Å². The molecule has 1 N–H and O–H groups in total. The highest BCUT2D eigenvalue weighted by atomic mass is 16.3. The van der Waals surface area contributed by atoms with Crippen LogP contribution in [0.4, 0.5) is 0 Å². The van der Waals surface area contributed by atoms with Gasteiger partial charge >= 0.3 is 0 Å². The number of aromatic nitrogens is 4. The summed E-state index contributed by atoms with van der Waals surface area (Å²) in [6.07, 6.45) is 1.94. The minimum absolute atomic E-state index is 0.0610.